The molecule has 2 aromatic heterocycles. The number of nitrogens with one attached hydrogen (secondary N) is 1. The summed E-state index contributed by atoms with van der Waals surface area (Å²) in [6.07, 6.45) is 3.09. The Bertz CT molecular complexity index is 799. The average Bonchev–Trinajstić information content (AvgIpc) is 2.71. The van der Waals surface area contributed by atoms with E-state index in [2.05, 4.69) is 20.2 Å². The van der Waals surface area contributed by atoms with Crippen LogP contribution in [0.1, 0.15) is 28.8 Å². The molecule has 144 valence electrons. The molecule has 0 spiro atoms. The van der Waals surface area contributed by atoms with Crippen LogP contribution >= 0.6 is 0 Å². The first-order valence-corrected chi connectivity index (χ1v) is 8.86. The summed E-state index contributed by atoms with van der Waals surface area (Å²) in [6.45, 7) is 1.70. The van der Waals surface area contributed by atoms with Crippen LogP contribution in [0.25, 0.3) is 0 Å². The molecule has 3 rings (SSSR count). The predicted molar refractivity (Wildman–Crippen MR) is 100 cm³/mol. The zero-order chi connectivity index (χ0) is 19.2. The molecule has 1 saturated heterocycles. The van der Waals surface area contributed by atoms with Gasteiger partial charge < -0.3 is 24.8 Å². The first kappa shape index (κ1) is 18.9. The normalized spacial score (nSPS) is 16.7. The molecule has 0 aliphatic carbocycles. The van der Waals surface area contributed by atoms with Crippen LogP contribution in [0.4, 0.5) is 5.82 Å². The smallest absolute Gasteiger partial charge is 0.257 e. The Labute approximate surface area is 158 Å². The van der Waals surface area contributed by atoms with Gasteiger partial charge in [-0.05, 0) is 25.0 Å². The molecule has 1 amide bonds. The molecule has 2 N–H and O–H groups in total. The van der Waals surface area contributed by atoms with Crippen LogP contribution in [-0.2, 0) is 6.54 Å². The van der Waals surface area contributed by atoms with Gasteiger partial charge in [-0.15, -0.1) is 0 Å². The van der Waals surface area contributed by atoms with Crippen molar-refractivity contribution < 1.29 is 19.4 Å². The van der Waals surface area contributed by atoms with Crippen LogP contribution in [0.3, 0.4) is 0 Å². The van der Waals surface area contributed by atoms with Gasteiger partial charge in [0, 0.05) is 37.5 Å². The van der Waals surface area contributed by atoms with Crippen LogP contribution in [-0.4, -0.2) is 54.4 Å². The summed E-state index contributed by atoms with van der Waals surface area (Å²) in [5.74, 6) is 1.07. The largest absolute Gasteiger partial charge is 0.481 e. The van der Waals surface area contributed by atoms with Gasteiger partial charge in [0.15, 0.2) is 0 Å². The van der Waals surface area contributed by atoms with Crippen molar-refractivity contribution in [3.8, 4) is 11.8 Å². The molecule has 1 aliphatic rings. The molecule has 0 radical (unpaired) electrons. The summed E-state index contributed by atoms with van der Waals surface area (Å²) >= 11 is 0. The first-order chi connectivity index (χ1) is 13.1. The Kier molecular flexibility index (Phi) is 6.08. The number of ether oxygens (including phenoxy) is 2. The highest BCUT2D eigenvalue weighted by Gasteiger charge is 2.21. The topological polar surface area (TPSA) is 96.8 Å². The van der Waals surface area contributed by atoms with E-state index in [1.54, 1.807) is 18.3 Å². The fourth-order valence-corrected chi connectivity index (χ4v) is 3.14. The molecule has 2 aromatic rings. The maximum atomic E-state index is 12.6. The number of hydrogen-bond acceptors (Lipinski definition) is 7. The first-order valence-electron chi connectivity index (χ1n) is 8.86. The van der Waals surface area contributed by atoms with Gasteiger partial charge in [-0.25, -0.2) is 4.98 Å². The van der Waals surface area contributed by atoms with Crippen LogP contribution in [0.5, 0.6) is 11.8 Å². The summed E-state index contributed by atoms with van der Waals surface area (Å²) in [5.41, 5.74) is 1.22. The molecule has 0 aromatic carbocycles. The number of rotatable bonds is 6. The summed E-state index contributed by atoms with van der Waals surface area (Å²) in [6, 6.07) is 6.99. The third-order valence-electron chi connectivity index (χ3n) is 4.48. The number of carbonyl (C=O) groups is 1. The monoisotopic (exact) mass is 372 g/mol. The van der Waals surface area contributed by atoms with Crippen molar-refractivity contribution in [3.05, 3.63) is 41.6 Å². The number of nitrogens with zero attached hydrogens (tertiary/aromatic N) is 3. The number of aliphatic hydroxyl groups excluding tert-OH is 1. The van der Waals surface area contributed by atoms with Crippen LogP contribution in [0, 0.1) is 0 Å². The second kappa shape index (κ2) is 8.68. The van der Waals surface area contributed by atoms with Gasteiger partial charge in [-0.2, -0.15) is 4.98 Å². The quantitative estimate of drug-likeness (QED) is 0.791. The fourth-order valence-electron chi connectivity index (χ4n) is 3.14. The van der Waals surface area contributed by atoms with Crippen molar-refractivity contribution in [1.29, 1.82) is 0 Å². The van der Waals surface area contributed by atoms with Gasteiger partial charge >= 0.3 is 0 Å². The summed E-state index contributed by atoms with van der Waals surface area (Å²) in [4.78, 5) is 23.2. The van der Waals surface area contributed by atoms with E-state index in [0.29, 0.717) is 24.5 Å². The van der Waals surface area contributed by atoms with Crippen molar-refractivity contribution in [2.45, 2.75) is 25.5 Å². The number of aromatic nitrogens is 2. The van der Waals surface area contributed by atoms with Crippen LogP contribution < -0.4 is 19.7 Å². The maximum absolute atomic E-state index is 12.6. The van der Waals surface area contributed by atoms with Crippen molar-refractivity contribution >= 4 is 11.7 Å². The lowest BCUT2D eigenvalue weighted by atomic mass is 10.1. The number of β-amino-alcohol motifs (C(OH)–C–C–N with tert-alkyl or cyclic N) is 1. The summed E-state index contributed by atoms with van der Waals surface area (Å²) in [5, 5.41) is 12.8. The Morgan fingerprint density at radius 2 is 2.19 bits per heavy atom. The fraction of sp³-hybridized carbons (Fsp3) is 0.421. The number of methoxy groups -OCH3 is 2. The number of amides is 1. The highest BCUT2D eigenvalue weighted by Crippen LogP contribution is 2.23. The predicted octanol–water partition coefficient (Wildman–Crippen LogP) is 1.38. The molecule has 1 atom stereocenters. The molecular weight excluding hydrogens is 348 g/mol. The molecule has 8 heteroatoms. The van der Waals surface area contributed by atoms with Gasteiger partial charge in [-0.1, -0.05) is 6.07 Å². The minimum atomic E-state index is -0.349. The summed E-state index contributed by atoms with van der Waals surface area (Å²) in [7, 11) is 2.96. The Hall–Kier alpha value is -2.87. The van der Waals surface area contributed by atoms with Gasteiger partial charge in [0.25, 0.3) is 5.91 Å². The number of piperidine rings is 1. The standard InChI is InChI=1S/C19H24N4O4/c1-26-16-8-7-15(19(22-16)27-2)18(25)21-11-13-5-3-9-20-17(13)23-10-4-6-14(24)12-23/h3,5,7-9,14,24H,4,6,10-12H2,1-2H3,(H,21,25)/t14-/m0/s1. The Morgan fingerprint density at radius 1 is 1.33 bits per heavy atom. The van der Waals surface area contributed by atoms with Gasteiger partial charge in [-0.3, -0.25) is 4.79 Å². The Balaban J connectivity index is 1.73. The van der Waals surface area contributed by atoms with E-state index in [4.69, 9.17) is 9.47 Å². The number of hydrogen-bond donors (Lipinski definition) is 2. The van der Waals surface area contributed by atoms with Crippen LogP contribution in [0.2, 0.25) is 0 Å². The number of anilines is 1. The average molecular weight is 372 g/mol. The number of carbonyl (C=O) groups excluding carboxylic acids is 1. The highest BCUT2D eigenvalue weighted by atomic mass is 16.5. The van der Waals surface area contributed by atoms with E-state index >= 15 is 0 Å². The zero-order valence-corrected chi connectivity index (χ0v) is 15.5. The molecule has 0 unspecified atom stereocenters. The molecule has 0 saturated carbocycles. The van der Waals surface area contributed by atoms with Gasteiger partial charge in [0.2, 0.25) is 11.8 Å². The molecule has 1 aliphatic heterocycles. The van der Waals surface area contributed by atoms with E-state index in [9.17, 15) is 9.90 Å². The SMILES string of the molecule is COc1ccc(C(=O)NCc2cccnc2N2CCC[C@H](O)C2)c(OC)n1. The van der Waals surface area contributed by atoms with E-state index in [-0.39, 0.29) is 17.9 Å². The van der Waals surface area contributed by atoms with Crippen molar-refractivity contribution in [1.82, 2.24) is 15.3 Å². The maximum Gasteiger partial charge on any atom is 0.257 e. The van der Waals surface area contributed by atoms with E-state index in [0.717, 1.165) is 30.8 Å². The third-order valence-corrected chi connectivity index (χ3v) is 4.48. The third kappa shape index (κ3) is 4.46. The van der Waals surface area contributed by atoms with Crippen molar-refractivity contribution in [2.24, 2.45) is 0 Å². The van der Waals surface area contributed by atoms with E-state index < -0.39 is 0 Å². The number of aliphatic hydroxyl groups is 1. The van der Waals surface area contributed by atoms with Crippen LogP contribution in [0.15, 0.2) is 30.5 Å². The highest BCUT2D eigenvalue weighted by molar-refractivity contribution is 5.96. The second-order valence-corrected chi connectivity index (χ2v) is 6.32. The van der Waals surface area contributed by atoms with E-state index in [1.807, 2.05) is 12.1 Å². The van der Waals surface area contributed by atoms with Crippen molar-refractivity contribution in [2.75, 3.05) is 32.2 Å². The second-order valence-electron chi connectivity index (χ2n) is 6.32. The lowest BCUT2D eigenvalue weighted by Gasteiger charge is -2.32. The lowest BCUT2D eigenvalue weighted by molar-refractivity contribution is 0.0947. The minimum absolute atomic E-state index is 0.206. The summed E-state index contributed by atoms with van der Waals surface area (Å²) < 4.78 is 10.2. The molecule has 3 heterocycles. The molecular formula is C19H24N4O4. The van der Waals surface area contributed by atoms with Gasteiger partial charge in [0.05, 0.1) is 20.3 Å². The van der Waals surface area contributed by atoms with Crippen molar-refractivity contribution in [3.63, 3.8) is 0 Å². The molecule has 0 bridgehead atoms. The zero-order valence-electron chi connectivity index (χ0n) is 15.5. The molecule has 27 heavy (non-hydrogen) atoms. The minimum Gasteiger partial charge on any atom is -0.481 e. The molecule has 1 fully saturated rings. The lowest BCUT2D eigenvalue weighted by Crippen LogP contribution is -2.39. The van der Waals surface area contributed by atoms with E-state index in [1.165, 1.54) is 14.2 Å². The Morgan fingerprint density at radius 3 is 2.93 bits per heavy atom. The molecule has 8 nitrogen and oxygen atoms in total. The number of pyridine rings is 2. The van der Waals surface area contributed by atoms with Gasteiger partial charge in [0.1, 0.15) is 11.4 Å².